The van der Waals surface area contributed by atoms with Gasteiger partial charge in [-0.2, -0.15) is 8.78 Å². The van der Waals surface area contributed by atoms with Crippen LogP contribution in [0.15, 0.2) is 24.8 Å². The van der Waals surface area contributed by atoms with E-state index in [1.54, 1.807) is 0 Å². The maximum Gasteiger partial charge on any atom is 0.266 e. The van der Waals surface area contributed by atoms with Crippen LogP contribution in [0.25, 0.3) is 0 Å². The molecule has 0 nitrogen and oxygen atoms in total. The van der Waals surface area contributed by atoms with Crippen LogP contribution in [0.4, 0.5) is 8.78 Å². The van der Waals surface area contributed by atoms with E-state index in [0.717, 1.165) is 31.6 Å². The molecular weight excluding hydrogens is 266 g/mol. The van der Waals surface area contributed by atoms with Crippen LogP contribution in [-0.4, -0.2) is 0 Å². The van der Waals surface area contributed by atoms with E-state index in [1.807, 2.05) is 0 Å². The number of allylic oxidation sites excluding steroid dienone is 2. The van der Waals surface area contributed by atoms with E-state index in [4.69, 9.17) is 0 Å². The average Bonchev–Trinajstić information content (AvgIpc) is 2.47. The molecule has 0 aliphatic heterocycles. The van der Waals surface area contributed by atoms with Crippen molar-refractivity contribution < 1.29 is 8.78 Å². The molecule has 0 aromatic rings. The standard InChI is InChI=1S/C19H32F2/c1-3-8-16(4-2)9-6-5-7-10-17-11-13-18(14-12-17)15-19(20)21/h4,15-18H,2-3,5-14H2,1H3. The highest BCUT2D eigenvalue weighted by atomic mass is 19.3. The Labute approximate surface area is 129 Å². The van der Waals surface area contributed by atoms with Gasteiger partial charge in [-0.3, -0.25) is 0 Å². The zero-order valence-electron chi connectivity index (χ0n) is 13.6. The highest BCUT2D eigenvalue weighted by molar-refractivity contribution is 4.90. The van der Waals surface area contributed by atoms with E-state index < -0.39 is 6.08 Å². The van der Waals surface area contributed by atoms with Gasteiger partial charge in [-0.25, -0.2) is 0 Å². The van der Waals surface area contributed by atoms with Crippen LogP contribution in [0.3, 0.4) is 0 Å². The molecule has 122 valence electrons. The molecule has 1 rings (SSSR count). The van der Waals surface area contributed by atoms with Crippen LogP contribution in [0.2, 0.25) is 0 Å². The van der Waals surface area contributed by atoms with Crippen LogP contribution in [-0.2, 0) is 0 Å². The molecule has 1 saturated carbocycles. The fourth-order valence-electron chi connectivity index (χ4n) is 3.59. The molecule has 21 heavy (non-hydrogen) atoms. The van der Waals surface area contributed by atoms with Crippen molar-refractivity contribution in [1.82, 2.24) is 0 Å². The minimum absolute atomic E-state index is 0.133. The molecule has 1 aliphatic rings. The first-order valence-corrected chi connectivity index (χ1v) is 8.81. The maximum atomic E-state index is 12.2. The van der Waals surface area contributed by atoms with Gasteiger partial charge < -0.3 is 0 Å². The highest BCUT2D eigenvalue weighted by Gasteiger charge is 2.20. The summed E-state index contributed by atoms with van der Waals surface area (Å²) < 4.78 is 24.4. The molecule has 0 aromatic heterocycles. The lowest BCUT2D eigenvalue weighted by Gasteiger charge is -2.26. The number of rotatable bonds is 10. The van der Waals surface area contributed by atoms with Gasteiger partial charge in [-0.1, -0.05) is 45.1 Å². The first kappa shape index (κ1) is 18.4. The molecule has 0 heterocycles. The Morgan fingerprint density at radius 3 is 2.38 bits per heavy atom. The number of hydrogen-bond acceptors (Lipinski definition) is 0. The van der Waals surface area contributed by atoms with Crippen molar-refractivity contribution in [1.29, 1.82) is 0 Å². The van der Waals surface area contributed by atoms with E-state index in [0.29, 0.717) is 5.92 Å². The van der Waals surface area contributed by atoms with E-state index >= 15 is 0 Å². The Kier molecular flexibility index (Phi) is 9.62. The van der Waals surface area contributed by atoms with Gasteiger partial charge in [0, 0.05) is 0 Å². The fraction of sp³-hybridized carbons (Fsp3) is 0.789. The minimum Gasteiger partial charge on any atom is -0.174 e. The Hall–Kier alpha value is -0.660. The van der Waals surface area contributed by atoms with Crippen LogP contribution < -0.4 is 0 Å². The lowest BCUT2D eigenvalue weighted by atomic mass is 9.79. The molecule has 0 aromatic carbocycles. The van der Waals surface area contributed by atoms with Crippen molar-refractivity contribution in [3.63, 3.8) is 0 Å². The summed E-state index contributed by atoms with van der Waals surface area (Å²) in [4.78, 5) is 0. The summed E-state index contributed by atoms with van der Waals surface area (Å²) in [6.07, 6.45) is 15.0. The van der Waals surface area contributed by atoms with Gasteiger partial charge >= 0.3 is 0 Å². The molecule has 0 radical (unpaired) electrons. The van der Waals surface area contributed by atoms with Crippen LogP contribution in [0.1, 0.15) is 77.6 Å². The number of halogens is 2. The average molecular weight is 298 g/mol. The lowest BCUT2D eigenvalue weighted by Crippen LogP contribution is -2.13. The van der Waals surface area contributed by atoms with Gasteiger partial charge in [0.15, 0.2) is 0 Å². The van der Waals surface area contributed by atoms with Crippen molar-refractivity contribution in [2.45, 2.75) is 77.6 Å². The predicted octanol–water partition coefficient (Wildman–Crippen LogP) is 7.13. The smallest absolute Gasteiger partial charge is 0.174 e. The van der Waals surface area contributed by atoms with Crippen molar-refractivity contribution in [2.24, 2.45) is 17.8 Å². The van der Waals surface area contributed by atoms with Crippen molar-refractivity contribution in [3.05, 3.63) is 24.8 Å². The first-order chi connectivity index (χ1) is 10.2. The van der Waals surface area contributed by atoms with Gasteiger partial charge in [0.05, 0.1) is 0 Å². The van der Waals surface area contributed by atoms with E-state index in [9.17, 15) is 8.78 Å². The molecule has 2 heteroatoms. The molecule has 1 atom stereocenters. The zero-order valence-corrected chi connectivity index (χ0v) is 13.6. The van der Waals surface area contributed by atoms with E-state index in [-0.39, 0.29) is 5.92 Å². The second-order valence-electron chi connectivity index (χ2n) is 6.66. The summed E-state index contributed by atoms with van der Waals surface area (Å²) in [5.41, 5.74) is 0. The summed E-state index contributed by atoms with van der Waals surface area (Å²) in [6, 6.07) is 0. The third kappa shape index (κ3) is 8.38. The number of unbranched alkanes of at least 4 members (excludes halogenated alkanes) is 2. The summed E-state index contributed by atoms with van der Waals surface area (Å²) >= 11 is 0. The Bertz CT molecular complexity index is 297. The fourth-order valence-corrected chi connectivity index (χ4v) is 3.59. The van der Waals surface area contributed by atoms with E-state index in [2.05, 4.69) is 19.6 Å². The second-order valence-corrected chi connectivity index (χ2v) is 6.66. The first-order valence-electron chi connectivity index (χ1n) is 8.81. The second kappa shape index (κ2) is 11.0. The van der Waals surface area contributed by atoms with E-state index in [1.165, 1.54) is 51.0 Å². The van der Waals surface area contributed by atoms with Gasteiger partial charge in [0.1, 0.15) is 0 Å². The molecule has 0 amide bonds. The normalized spacial score (nSPS) is 23.6. The van der Waals surface area contributed by atoms with Crippen LogP contribution in [0.5, 0.6) is 0 Å². The molecule has 1 aliphatic carbocycles. The largest absolute Gasteiger partial charge is 0.266 e. The molecule has 0 N–H and O–H groups in total. The Morgan fingerprint density at radius 2 is 1.81 bits per heavy atom. The molecule has 0 bridgehead atoms. The topological polar surface area (TPSA) is 0 Å². The summed E-state index contributed by atoms with van der Waals surface area (Å²) in [7, 11) is 0. The summed E-state index contributed by atoms with van der Waals surface area (Å²) in [5.74, 6) is 1.62. The van der Waals surface area contributed by atoms with Crippen LogP contribution >= 0.6 is 0 Å². The van der Waals surface area contributed by atoms with Gasteiger partial charge in [-0.05, 0) is 62.4 Å². The van der Waals surface area contributed by atoms with Gasteiger partial charge in [-0.15, -0.1) is 6.58 Å². The minimum atomic E-state index is -1.50. The molecule has 1 fully saturated rings. The quantitative estimate of drug-likeness (QED) is 0.297. The molecule has 1 unspecified atom stereocenters. The zero-order chi connectivity index (χ0) is 15.5. The lowest BCUT2D eigenvalue weighted by molar-refractivity contribution is 0.280. The summed E-state index contributed by atoms with van der Waals surface area (Å²) in [6.45, 7) is 6.15. The molecular formula is C19H32F2. The third-order valence-electron chi connectivity index (χ3n) is 4.93. The SMILES string of the molecule is C=CC(CCC)CCCCCC1CCC(C=C(F)F)CC1. The summed E-state index contributed by atoms with van der Waals surface area (Å²) in [5, 5.41) is 0. The Balaban J connectivity index is 2.04. The van der Waals surface area contributed by atoms with Crippen molar-refractivity contribution >= 4 is 0 Å². The molecule has 0 spiro atoms. The van der Waals surface area contributed by atoms with Crippen LogP contribution in [0, 0.1) is 17.8 Å². The maximum absolute atomic E-state index is 12.2. The van der Waals surface area contributed by atoms with Gasteiger partial charge in [0.2, 0.25) is 0 Å². The van der Waals surface area contributed by atoms with Gasteiger partial charge in [0.25, 0.3) is 6.08 Å². The Morgan fingerprint density at radius 1 is 1.10 bits per heavy atom. The predicted molar refractivity (Wildman–Crippen MR) is 87.4 cm³/mol. The number of hydrogen-bond donors (Lipinski definition) is 0. The van der Waals surface area contributed by atoms with Crippen molar-refractivity contribution in [2.75, 3.05) is 0 Å². The third-order valence-corrected chi connectivity index (χ3v) is 4.93. The molecule has 0 saturated heterocycles. The highest BCUT2D eigenvalue weighted by Crippen LogP contribution is 2.33. The monoisotopic (exact) mass is 298 g/mol. The van der Waals surface area contributed by atoms with Crippen molar-refractivity contribution in [3.8, 4) is 0 Å².